The van der Waals surface area contributed by atoms with E-state index in [9.17, 15) is 23.2 Å². The average molecular weight is 559 g/mol. The lowest BCUT2D eigenvalue weighted by molar-refractivity contribution is -0.127. The number of benzene rings is 3. The number of nitrogens with zero attached hydrogens (tertiary/aromatic N) is 1. The smallest absolute Gasteiger partial charge is 0.294 e. The number of amides is 3. The minimum atomic E-state index is -0.581. The van der Waals surface area contributed by atoms with Crippen LogP contribution in [0, 0.1) is 11.6 Å². The first-order valence-electron chi connectivity index (χ1n) is 10.3. The van der Waals surface area contributed by atoms with Gasteiger partial charge in [-0.2, -0.15) is 0 Å². The second kappa shape index (κ2) is 10.8. The Hall–Kier alpha value is -3.50. The number of ether oxygens (including phenoxy) is 1. The lowest BCUT2D eigenvalue weighted by Gasteiger charge is -2.12. The molecule has 0 bridgehead atoms. The predicted octanol–water partition coefficient (Wildman–Crippen LogP) is 5.98. The Morgan fingerprint density at radius 3 is 2.31 bits per heavy atom. The first-order valence-corrected chi connectivity index (χ1v) is 11.9. The Kier molecular flexibility index (Phi) is 7.62. The second-order valence-electron chi connectivity index (χ2n) is 7.43. The summed E-state index contributed by atoms with van der Waals surface area (Å²) in [6.45, 7) is -0.212. The van der Waals surface area contributed by atoms with Crippen molar-refractivity contribution in [2.75, 3.05) is 11.9 Å². The van der Waals surface area contributed by atoms with Gasteiger partial charge >= 0.3 is 0 Å². The molecule has 0 aliphatic carbocycles. The van der Waals surface area contributed by atoms with Crippen molar-refractivity contribution in [3.05, 3.63) is 98.9 Å². The third kappa shape index (κ3) is 6.34. The van der Waals surface area contributed by atoms with E-state index in [1.165, 1.54) is 36.4 Å². The van der Waals surface area contributed by atoms with Crippen molar-refractivity contribution in [2.24, 2.45) is 0 Å². The molecule has 1 N–H and O–H groups in total. The fourth-order valence-electron chi connectivity index (χ4n) is 3.13. The van der Waals surface area contributed by atoms with Crippen LogP contribution in [0.2, 0.25) is 0 Å². The summed E-state index contributed by atoms with van der Waals surface area (Å²) in [6.07, 6.45) is 1.55. The lowest BCUT2D eigenvalue weighted by atomic mass is 10.2. The van der Waals surface area contributed by atoms with Gasteiger partial charge in [-0.15, -0.1) is 0 Å². The van der Waals surface area contributed by atoms with Crippen LogP contribution >= 0.6 is 27.7 Å². The van der Waals surface area contributed by atoms with Gasteiger partial charge in [-0.3, -0.25) is 19.3 Å². The van der Waals surface area contributed by atoms with E-state index in [0.29, 0.717) is 21.5 Å². The molecule has 0 radical (unpaired) electrons. The monoisotopic (exact) mass is 558 g/mol. The molecule has 1 aliphatic rings. The zero-order valence-electron chi connectivity index (χ0n) is 18.0. The fraction of sp³-hybridized carbons (Fsp3) is 0.0800. The Labute approximate surface area is 212 Å². The summed E-state index contributed by atoms with van der Waals surface area (Å²) < 4.78 is 32.4. The molecule has 3 aromatic rings. The molecular formula is C25H17BrF2N2O4S. The molecule has 3 aromatic carbocycles. The van der Waals surface area contributed by atoms with E-state index in [1.807, 2.05) is 0 Å². The second-order valence-corrected chi connectivity index (χ2v) is 9.28. The number of rotatable bonds is 7. The molecule has 0 saturated carbocycles. The van der Waals surface area contributed by atoms with Crippen molar-refractivity contribution in [1.82, 2.24) is 4.90 Å². The first kappa shape index (κ1) is 24.6. The fourth-order valence-corrected chi connectivity index (χ4v) is 4.48. The van der Waals surface area contributed by atoms with E-state index in [0.717, 1.165) is 22.2 Å². The molecule has 6 nitrogen and oxygen atoms in total. The first-order chi connectivity index (χ1) is 16.8. The number of nitrogens with one attached hydrogen (secondary N) is 1. The number of anilines is 1. The number of hydrogen-bond acceptors (Lipinski definition) is 5. The maximum absolute atomic E-state index is 13.0. The van der Waals surface area contributed by atoms with Gasteiger partial charge in [0.2, 0.25) is 5.91 Å². The quantitative estimate of drug-likeness (QED) is 0.361. The topological polar surface area (TPSA) is 75.7 Å². The molecule has 35 heavy (non-hydrogen) atoms. The molecule has 1 fully saturated rings. The minimum absolute atomic E-state index is 0.177. The van der Waals surface area contributed by atoms with E-state index in [2.05, 4.69) is 21.2 Å². The number of halogens is 3. The van der Waals surface area contributed by atoms with Gasteiger partial charge in [-0.1, -0.05) is 18.2 Å². The van der Waals surface area contributed by atoms with Crippen LogP contribution in [0.15, 0.2) is 76.1 Å². The average Bonchev–Trinajstić information content (AvgIpc) is 3.08. The van der Waals surface area contributed by atoms with Crippen LogP contribution in [-0.4, -0.2) is 28.5 Å². The predicted molar refractivity (Wildman–Crippen MR) is 133 cm³/mol. The van der Waals surface area contributed by atoms with Gasteiger partial charge in [0.25, 0.3) is 11.1 Å². The van der Waals surface area contributed by atoms with Crippen molar-refractivity contribution in [1.29, 1.82) is 0 Å². The van der Waals surface area contributed by atoms with Gasteiger partial charge in [0, 0.05) is 5.69 Å². The molecule has 3 amide bonds. The zero-order chi connectivity index (χ0) is 24.9. The van der Waals surface area contributed by atoms with Gasteiger partial charge < -0.3 is 10.1 Å². The summed E-state index contributed by atoms with van der Waals surface area (Å²) >= 11 is 4.17. The third-order valence-corrected chi connectivity index (χ3v) is 6.39. The van der Waals surface area contributed by atoms with Crippen LogP contribution in [-0.2, 0) is 16.2 Å². The van der Waals surface area contributed by atoms with Crippen LogP contribution < -0.4 is 10.1 Å². The van der Waals surface area contributed by atoms with Crippen molar-refractivity contribution in [2.45, 2.75) is 6.61 Å². The Balaban J connectivity index is 1.39. The highest BCUT2D eigenvalue weighted by molar-refractivity contribution is 9.10. The molecule has 0 spiro atoms. The maximum Gasteiger partial charge on any atom is 0.294 e. The van der Waals surface area contributed by atoms with E-state index >= 15 is 0 Å². The van der Waals surface area contributed by atoms with E-state index in [1.54, 1.807) is 36.4 Å². The van der Waals surface area contributed by atoms with E-state index in [-0.39, 0.29) is 17.3 Å². The van der Waals surface area contributed by atoms with Gasteiger partial charge in [0.1, 0.15) is 30.5 Å². The third-order valence-electron chi connectivity index (χ3n) is 4.86. The van der Waals surface area contributed by atoms with Gasteiger partial charge in [-0.25, -0.2) is 8.78 Å². The van der Waals surface area contributed by atoms with Crippen molar-refractivity contribution in [3.63, 3.8) is 0 Å². The normalized spacial score (nSPS) is 14.5. The summed E-state index contributed by atoms with van der Waals surface area (Å²) in [7, 11) is 0. The standard InChI is InChI=1S/C25H17BrF2N2O4S/c26-20-11-16(3-10-21(20)34-14-15-1-4-17(27)5-2-15)12-22-24(32)30(25(33)35-22)13-23(31)29-19-8-6-18(28)7-9-19/h1-12H,13-14H2,(H,29,31)/b22-12-. The Morgan fingerprint density at radius 1 is 1.00 bits per heavy atom. The zero-order valence-corrected chi connectivity index (χ0v) is 20.4. The molecule has 1 saturated heterocycles. The molecule has 0 atom stereocenters. The number of hydrogen-bond donors (Lipinski definition) is 1. The summed E-state index contributed by atoms with van der Waals surface area (Å²) in [5.41, 5.74) is 1.80. The molecule has 4 rings (SSSR count). The molecule has 1 aliphatic heterocycles. The van der Waals surface area contributed by atoms with E-state index < -0.39 is 29.4 Å². The summed E-state index contributed by atoms with van der Waals surface area (Å²) in [5.74, 6) is -1.37. The maximum atomic E-state index is 13.0. The van der Waals surface area contributed by atoms with Crippen LogP contribution in [0.3, 0.4) is 0 Å². The number of thioether (sulfide) groups is 1. The molecule has 10 heteroatoms. The van der Waals surface area contributed by atoms with E-state index in [4.69, 9.17) is 4.74 Å². The largest absolute Gasteiger partial charge is 0.488 e. The SMILES string of the molecule is O=C(CN1C(=O)S/C(=C\c2ccc(OCc3ccc(F)cc3)c(Br)c2)C1=O)Nc1ccc(F)cc1. The van der Waals surface area contributed by atoms with Gasteiger partial charge in [0.15, 0.2) is 0 Å². The highest BCUT2D eigenvalue weighted by Gasteiger charge is 2.36. The number of carbonyl (C=O) groups excluding carboxylic acids is 3. The van der Waals surface area contributed by atoms with Crippen LogP contribution in [0.1, 0.15) is 11.1 Å². The molecule has 0 aromatic heterocycles. The van der Waals surface area contributed by atoms with Crippen LogP contribution in [0.4, 0.5) is 19.3 Å². The molecule has 0 unspecified atom stereocenters. The van der Waals surface area contributed by atoms with Crippen molar-refractivity contribution >= 4 is 56.5 Å². The van der Waals surface area contributed by atoms with Crippen LogP contribution in [0.25, 0.3) is 6.08 Å². The number of imide groups is 1. The lowest BCUT2D eigenvalue weighted by Crippen LogP contribution is -2.36. The summed E-state index contributed by atoms with van der Waals surface area (Å²) in [5, 5.41) is 1.96. The Bertz CT molecular complexity index is 1310. The molecule has 178 valence electrons. The molecule has 1 heterocycles. The minimum Gasteiger partial charge on any atom is -0.488 e. The van der Waals surface area contributed by atoms with Gasteiger partial charge in [-0.05, 0) is 93.4 Å². The number of carbonyl (C=O) groups is 3. The summed E-state index contributed by atoms with van der Waals surface area (Å²) in [4.78, 5) is 38.3. The Morgan fingerprint density at radius 2 is 1.66 bits per heavy atom. The summed E-state index contributed by atoms with van der Waals surface area (Å²) in [6, 6.07) is 16.3. The highest BCUT2D eigenvalue weighted by atomic mass is 79.9. The van der Waals surface area contributed by atoms with Crippen LogP contribution in [0.5, 0.6) is 5.75 Å². The van der Waals surface area contributed by atoms with Crippen molar-refractivity contribution < 1.29 is 27.9 Å². The van der Waals surface area contributed by atoms with Crippen molar-refractivity contribution in [3.8, 4) is 5.75 Å². The molecular weight excluding hydrogens is 542 g/mol. The highest BCUT2D eigenvalue weighted by Crippen LogP contribution is 2.34. The van der Waals surface area contributed by atoms with Gasteiger partial charge in [0.05, 0.1) is 9.38 Å².